The third-order valence-corrected chi connectivity index (χ3v) is 4.64. The molecule has 0 rings (SSSR count). The maximum absolute atomic E-state index is 12.4. The van der Waals surface area contributed by atoms with Gasteiger partial charge in [0.05, 0.1) is 19.1 Å². The molecule has 5 unspecified atom stereocenters. The molecule has 9 N–H and O–H groups in total. The first-order valence-corrected chi connectivity index (χ1v) is 9.64. The predicted octanol–water partition coefficient (Wildman–Crippen LogP) is -2.58. The normalized spacial score (nSPS) is 16.0. The molecule has 0 saturated carbocycles. The number of carboxylic acids is 1. The molecule has 30 heavy (non-hydrogen) atoms. The van der Waals surface area contributed by atoms with Crippen LogP contribution in [0.5, 0.6) is 0 Å². The van der Waals surface area contributed by atoms with Crippen molar-refractivity contribution in [1.82, 2.24) is 16.0 Å². The summed E-state index contributed by atoms with van der Waals surface area (Å²) in [4.78, 5) is 59.6. The number of nitrogens with two attached hydrogens (primary N) is 2. The molecule has 0 aliphatic rings. The van der Waals surface area contributed by atoms with Crippen LogP contribution in [0.25, 0.3) is 0 Å². The second-order valence-corrected chi connectivity index (χ2v) is 7.46. The monoisotopic (exact) mass is 431 g/mol. The van der Waals surface area contributed by atoms with Gasteiger partial charge in [0, 0.05) is 0 Å². The SMILES string of the molecule is CCC(C)C(N)C(=O)NC(CO)C(=O)NC(CC(N)=O)C(=O)NC(C(=O)O)C(C)C. The molecule has 0 aromatic carbocycles. The van der Waals surface area contributed by atoms with E-state index in [1.54, 1.807) is 20.8 Å². The van der Waals surface area contributed by atoms with Gasteiger partial charge in [-0.15, -0.1) is 0 Å². The van der Waals surface area contributed by atoms with Crippen LogP contribution in [0, 0.1) is 11.8 Å². The lowest BCUT2D eigenvalue weighted by molar-refractivity contribution is -0.143. The third-order valence-electron chi connectivity index (χ3n) is 4.64. The molecular formula is C18H33N5O7. The first-order chi connectivity index (χ1) is 13.8. The van der Waals surface area contributed by atoms with Gasteiger partial charge in [0.2, 0.25) is 23.6 Å². The van der Waals surface area contributed by atoms with Crippen molar-refractivity contribution in [1.29, 1.82) is 0 Å². The summed E-state index contributed by atoms with van der Waals surface area (Å²) in [5.74, 6) is -5.42. The molecule has 0 aromatic rings. The van der Waals surface area contributed by atoms with E-state index in [4.69, 9.17) is 11.5 Å². The number of aliphatic hydroxyl groups is 1. The molecule has 0 aromatic heterocycles. The molecule has 0 fully saturated rings. The number of amides is 4. The van der Waals surface area contributed by atoms with E-state index >= 15 is 0 Å². The molecule has 12 heteroatoms. The minimum Gasteiger partial charge on any atom is -0.480 e. The van der Waals surface area contributed by atoms with E-state index in [1.807, 2.05) is 6.92 Å². The number of aliphatic carboxylic acids is 1. The van der Waals surface area contributed by atoms with Crippen molar-refractivity contribution in [2.75, 3.05) is 6.61 Å². The molecule has 12 nitrogen and oxygen atoms in total. The Kier molecular flexibility index (Phi) is 11.6. The summed E-state index contributed by atoms with van der Waals surface area (Å²) < 4.78 is 0. The first kappa shape index (κ1) is 27.3. The standard InChI is InChI=1S/C18H33N5O7/c1-5-9(4)13(20)17(28)22-11(7-24)16(27)21-10(6-12(19)25)15(26)23-14(8(2)3)18(29)30/h8-11,13-14,24H,5-7,20H2,1-4H3,(H2,19,25)(H,21,27)(H,22,28)(H,23,26)(H,29,30). The lowest BCUT2D eigenvalue weighted by Crippen LogP contribution is -2.59. The van der Waals surface area contributed by atoms with Crippen molar-refractivity contribution < 1.29 is 34.2 Å². The van der Waals surface area contributed by atoms with Gasteiger partial charge in [0.25, 0.3) is 0 Å². The largest absolute Gasteiger partial charge is 0.480 e. The highest BCUT2D eigenvalue weighted by Crippen LogP contribution is 2.06. The number of rotatable bonds is 13. The van der Waals surface area contributed by atoms with Crippen LogP contribution in [-0.2, 0) is 24.0 Å². The van der Waals surface area contributed by atoms with Gasteiger partial charge in [-0.1, -0.05) is 34.1 Å². The fraction of sp³-hybridized carbons (Fsp3) is 0.722. The summed E-state index contributed by atoms with van der Waals surface area (Å²) in [7, 11) is 0. The summed E-state index contributed by atoms with van der Waals surface area (Å²) in [6.45, 7) is 5.93. The van der Waals surface area contributed by atoms with Gasteiger partial charge in [0.15, 0.2) is 0 Å². The van der Waals surface area contributed by atoms with Gasteiger partial charge in [-0.2, -0.15) is 0 Å². The van der Waals surface area contributed by atoms with Gasteiger partial charge in [0.1, 0.15) is 18.1 Å². The van der Waals surface area contributed by atoms with Gasteiger partial charge in [-0.3, -0.25) is 19.2 Å². The number of hydrogen-bond acceptors (Lipinski definition) is 7. The van der Waals surface area contributed by atoms with Crippen LogP contribution in [0.1, 0.15) is 40.5 Å². The van der Waals surface area contributed by atoms with E-state index in [9.17, 15) is 34.2 Å². The Bertz CT molecular complexity index is 640. The number of carbonyl (C=O) groups is 5. The number of carbonyl (C=O) groups excluding carboxylic acids is 4. The molecule has 4 amide bonds. The molecule has 0 spiro atoms. The van der Waals surface area contributed by atoms with Crippen LogP contribution in [0.2, 0.25) is 0 Å². The number of nitrogens with one attached hydrogen (secondary N) is 3. The average molecular weight is 431 g/mol. The van der Waals surface area contributed by atoms with Gasteiger partial charge in [-0.25, -0.2) is 4.79 Å². The average Bonchev–Trinajstić information content (AvgIpc) is 2.66. The lowest BCUT2D eigenvalue weighted by atomic mass is 9.99. The van der Waals surface area contributed by atoms with Crippen LogP contribution >= 0.6 is 0 Å². The fourth-order valence-corrected chi connectivity index (χ4v) is 2.42. The maximum Gasteiger partial charge on any atom is 0.326 e. The van der Waals surface area contributed by atoms with Crippen molar-refractivity contribution in [3.8, 4) is 0 Å². The second kappa shape index (κ2) is 12.8. The quantitative estimate of drug-likeness (QED) is 0.164. The van der Waals surface area contributed by atoms with Crippen molar-refractivity contribution in [3.63, 3.8) is 0 Å². The van der Waals surface area contributed by atoms with Crippen LogP contribution < -0.4 is 27.4 Å². The zero-order valence-electron chi connectivity index (χ0n) is 17.7. The molecule has 0 bridgehead atoms. The summed E-state index contributed by atoms with van der Waals surface area (Å²) in [5, 5.41) is 25.4. The predicted molar refractivity (Wildman–Crippen MR) is 107 cm³/mol. The minimum atomic E-state index is -1.50. The highest BCUT2D eigenvalue weighted by molar-refractivity contribution is 5.96. The second-order valence-electron chi connectivity index (χ2n) is 7.46. The topological polar surface area (TPSA) is 214 Å². The molecule has 0 heterocycles. The van der Waals surface area contributed by atoms with E-state index < -0.39 is 72.7 Å². The summed E-state index contributed by atoms with van der Waals surface area (Å²) in [6.07, 6.45) is 0.00646. The number of aliphatic hydroxyl groups excluding tert-OH is 1. The number of carboxylic acid groups (broad SMARTS) is 1. The Hall–Kier alpha value is -2.73. The molecule has 0 aliphatic heterocycles. The lowest BCUT2D eigenvalue weighted by Gasteiger charge is -2.25. The Morgan fingerprint density at radius 1 is 0.900 bits per heavy atom. The highest BCUT2D eigenvalue weighted by Gasteiger charge is 2.32. The van der Waals surface area contributed by atoms with Crippen molar-refractivity contribution in [2.24, 2.45) is 23.3 Å². The first-order valence-electron chi connectivity index (χ1n) is 9.64. The van der Waals surface area contributed by atoms with Crippen LogP contribution in [0.4, 0.5) is 0 Å². The summed E-state index contributed by atoms with van der Waals surface area (Å²) in [5.41, 5.74) is 10.9. The van der Waals surface area contributed by atoms with Gasteiger partial charge < -0.3 is 37.6 Å². The van der Waals surface area contributed by atoms with Crippen molar-refractivity contribution in [3.05, 3.63) is 0 Å². The minimum absolute atomic E-state index is 0.176. The van der Waals surface area contributed by atoms with Crippen molar-refractivity contribution in [2.45, 2.75) is 64.7 Å². The van der Waals surface area contributed by atoms with E-state index in [0.29, 0.717) is 6.42 Å². The molecule has 0 radical (unpaired) electrons. The highest BCUT2D eigenvalue weighted by atomic mass is 16.4. The summed E-state index contributed by atoms with van der Waals surface area (Å²) >= 11 is 0. The molecule has 0 saturated heterocycles. The molecule has 172 valence electrons. The molecule has 5 atom stereocenters. The van der Waals surface area contributed by atoms with Gasteiger partial charge >= 0.3 is 5.97 Å². The van der Waals surface area contributed by atoms with E-state index in [-0.39, 0.29) is 5.92 Å². The Morgan fingerprint density at radius 2 is 1.40 bits per heavy atom. The summed E-state index contributed by atoms with van der Waals surface area (Å²) in [6, 6.07) is -5.10. The molecule has 0 aliphatic carbocycles. The zero-order valence-corrected chi connectivity index (χ0v) is 17.7. The van der Waals surface area contributed by atoms with Crippen LogP contribution in [0.3, 0.4) is 0 Å². The van der Waals surface area contributed by atoms with E-state index in [0.717, 1.165) is 0 Å². The Morgan fingerprint density at radius 3 is 1.80 bits per heavy atom. The number of hydrogen-bond donors (Lipinski definition) is 7. The molecular weight excluding hydrogens is 398 g/mol. The fourth-order valence-electron chi connectivity index (χ4n) is 2.42. The Labute approximate surface area is 175 Å². The smallest absolute Gasteiger partial charge is 0.326 e. The van der Waals surface area contributed by atoms with E-state index in [2.05, 4.69) is 16.0 Å². The van der Waals surface area contributed by atoms with Crippen molar-refractivity contribution >= 4 is 29.6 Å². The third kappa shape index (κ3) is 8.74. The van der Waals surface area contributed by atoms with Gasteiger partial charge in [-0.05, 0) is 11.8 Å². The maximum atomic E-state index is 12.4. The van der Waals surface area contributed by atoms with Crippen LogP contribution in [-0.4, -0.2) is 70.6 Å². The number of primary amides is 1. The van der Waals surface area contributed by atoms with E-state index in [1.165, 1.54) is 0 Å². The zero-order chi connectivity index (χ0) is 23.6. The van der Waals surface area contributed by atoms with Crippen LogP contribution in [0.15, 0.2) is 0 Å². The Balaban J connectivity index is 5.31.